The van der Waals surface area contributed by atoms with Gasteiger partial charge in [-0.3, -0.25) is 19.8 Å². The molecule has 144 valence electrons. The molecule has 0 atom stereocenters. The summed E-state index contributed by atoms with van der Waals surface area (Å²) in [5.41, 5.74) is 2.02. The Kier molecular flexibility index (Phi) is 5.05. The average Bonchev–Trinajstić information content (AvgIpc) is 3.18. The van der Waals surface area contributed by atoms with Crippen molar-refractivity contribution in [1.82, 2.24) is 5.32 Å². The molecule has 2 aromatic carbocycles. The van der Waals surface area contributed by atoms with Crippen LogP contribution in [0, 0.1) is 6.92 Å². The molecule has 1 fully saturated rings. The van der Waals surface area contributed by atoms with E-state index < -0.39 is 11.8 Å². The second-order valence-corrected chi connectivity index (χ2v) is 7.20. The van der Waals surface area contributed by atoms with Gasteiger partial charge in [0.15, 0.2) is 5.11 Å². The molecular formula is C22H15ClN2O3S. The summed E-state index contributed by atoms with van der Waals surface area (Å²) >= 11 is 11.4. The van der Waals surface area contributed by atoms with Crippen LogP contribution in [0.2, 0.25) is 5.02 Å². The first-order valence-electron chi connectivity index (χ1n) is 8.77. The molecule has 0 unspecified atom stereocenters. The minimum atomic E-state index is -0.575. The molecule has 1 aromatic heterocycles. The highest BCUT2D eigenvalue weighted by Crippen LogP contribution is 2.30. The van der Waals surface area contributed by atoms with E-state index in [4.69, 9.17) is 28.2 Å². The minimum Gasteiger partial charge on any atom is -0.457 e. The van der Waals surface area contributed by atoms with Crippen LogP contribution in [-0.2, 0) is 9.59 Å². The number of carbonyl (C=O) groups is 2. The first kappa shape index (κ1) is 19.1. The lowest BCUT2D eigenvalue weighted by atomic mass is 10.1. The number of furan rings is 1. The largest absolute Gasteiger partial charge is 0.457 e. The lowest BCUT2D eigenvalue weighted by molar-refractivity contribution is -0.122. The zero-order chi connectivity index (χ0) is 20.5. The van der Waals surface area contributed by atoms with E-state index in [0.29, 0.717) is 27.8 Å². The quantitative estimate of drug-likeness (QED) is 0.376. The van der Waals surface area contributed by atoms with Gasteiger partial charge >= 0.3 is 0 Å². The molecule has 1 aliphatic heterocycles. The van der Waals surface area contributed by atoms with E-state index in [0.717, 1.165) is 5.56 Å². The smallest absolute Gasteiger partial charge is 0.270 e. The van der Waals surface area contributed by atoms with E-state index in [1.165, 1.54) is 11.0 Å². The maximum Gasteiger partial charge on any atom is 0.270 e. The van der Waals surface area contributed by atoms with Gasteiger partial charge in [-0.25, -0.2) is 0 Å². The number of benzene rings is 2. The average molecular weight is 423 g/mol. The molecule has 1 N–H and O–H groups in total. The molecule has 7 heteroatoms. The molecule has 0 spiro atoms. The summed E-state index contributed by atoms with van der Waals surface area (Å²) in [6.07, 6.45) is 1.42. The molecule has 1 saturated heterocycles. The first-order valence-corrected chi connectivity index (χ1v) is 9.56. The second-order valence-electron chi connectivity index (χ2n) is 6.41. The molecule has 5 nitrogen and oxygen atoms in total. The number of thiocarbonyl (C=S) groups is 1. The van der Waals surface area contributed by atoms with Crippen LogP contribution in [0.4, 0.5) is 5.69 Å². The van der Waals surface area contributed by atoms with Gasteiger partial charge in [0.2, 0.25) is 0 Å². The third-order valence-corrected chi connectivity index (χ3v) is 5.25. The van der Waals surface area contributed by atoms with Gasteiger partial charge in [-0.05, 0) is 55.0 Å². The van der Waals surface area contributed by atoms with Crippen LogP contribution in [0.15, 0.2) is 70.7 Å². The Morgan fingerprint density at radius 3 is 2.55 bits per heavy atom. The van der Waals surface area contributed by atoms with Gasteiger partial charge in [0.1, 0.15) is 17.1 Å². The van der Waals surface area contributed by atoms with Crippen LogP contribution in [0.25, 0.3) is 17.4 Å². The Bertz CT molecular complexity index is 1170. The van der Waals surface area contributed by atoms with E-state index in [1.807, 2.05) is 30.3 Å². The molecule has 2 heterocycles. The maximum atomic E-state index is 13.1. The molecule has 0 aliphatic carbocycles. The second kappa shape index (κ2) is 7.66. The number of nitrogens with zero attached hydrogens (tertiary/aromatic N) is 1. The van der Waals surface area contributed by atoms with E-state index in [-0.39, 0.29) is 10.7 Å². The van der Waals surface area contributed by atoms with E-state index >= 15 is 0 Å². The van der Waals surface area contributed by atoms with Gasteiger partial charge in [0.05, 0.1) is 5.69 Å². The van der Waals surface area contributed by atoms with Gasteiger partial charge in [-0.15, -0.1) is 0 Å². The standard InChI is InChI=1S/C22H15ClN2O3S/c1-13-17(23)8-5-9-18(13)25-21(27)16(20(26)24-22(25)29)12-15-10-11-19(28-15)14-6-3-2-4-7-14/h2-12H,1H3,(H,24,26,29)/b16-12+. The summed E-state index contributed by atoms with van der Waals surface area (Å²) in [6.45, 7) is 1.78. The number of hydrogen-bond donors (Lipinski definition) is 1. The number of hydrogen-bond acceptors (Lipinski definition) is 4. The summed E-state index contributed by atoms with van der Waals surface area (Å²) < 4.78 is 5.80. The van der Waals surface area contributed by atoms with Crippen molar-refractivity contribution in [3.63, 3.8) is 0 Å². The SMILES string of the molecule is Cc1c(Cl)cccc1N1C(=O)/C(=C/c2ccc(-c3ccccc3)o2)C(=O)NC1=S. The van der Waals surface area contributed by atoms with Crippen LogP contribution in [0.3, 0.4) is 0 Å². The minimum absolute atomic E-state index is 0.00642. The van der Waals surface area contributed by atoms with Crippen molar-refractivity contribution in [2.45, 2.75) is 6.92 Å². The number of amides is 2. The lowest BCUT2D eigenvalue weighted by Crippen LogP contribution is -2.54. The Morgan fingerprint density at radius 1 is 1.03 bits per heavy atom. The normalized spacial score (nSPS) is 15.7. The summed E-state index contributed by atoms with van der Waals surface area (Å²) in [4.78, 5) is 26.8. The van der Waals surface area contributed by atoms with Crippen LogP contribution in [0.5, 0.6) is 0 Å². The van der Waals surface area contributed by atoms with Crippen molar-refractivity contribution in [2.24, 2.45) is 0 Å². The highest BCUT2D eigenvalue weighted by atomic mass is 35.5. The third-order valence-electron chi connectivity index (χ3n) is 4.55. The van der Waals surface area contributed by atoms with E-state index in [1.54, 1.807) is 37.3 Å². The van der Waals surface area contributed by atoms with Crippen molar-refractivity contribution < 1.29 is 14.0 Å². The maximum absolute atomic E-state index is 13.1. The predicted molar refractivity (Wildman–Crippen MR) is 117 cm³/mol. The highest BCUT2D eigenvalue weighted by molar-refractivity contribution is 7.80. The van der Waals surface area contributed by atoms with Crippen molar-refractivity contribution >= 4 is 52.5 Å². The van der Waals surface area contributed by atoms with Gasteiger partial charge in [0, 0.05) is 10.6 Å². The molecule has 4 rings (SSSR count). The molecule has 1 aliphatic rings. The Hall–Kier alpha value is -3.22. The van der Waals surface area contributed by atoms with E-state index in [2.05, 4.69) is 5.32 Å². The van der Waals surface area contributed by atoms with Crippen molar-refractivity contribution in [2.75, 3.05) is 4.90 Å². The first-order chi connectivity index (χ1) is 14.0. The summed E-state index contributed by atoms with van der Waals surface area (Å²) in [7, 11) is 0. The van der Waals surface area contributed by atoms with Gasteiger partial charge in [0.25, 0.3) is 11.8 Å². The van der Waals surface area contributed by atoms with Crippen LogP contribution in [-0.4, -0.2) is 16.9 Å². The Labute approximate surface area is 177 Å². The molecule has 3 aromatic rings. The molecular weight excluding hydrogens is 408 g/mol. The van der Waals surface area contributed by atoms with Crippen molar-refractivity contribution in [1.29, 1.82) is 0 Å². The molecule has 0 radical (unpaired) electrons. The predicted octanol–water partition coefficient (Wildman–Crippen LogP) is 4.74. The number of carbonyl (C=O) groups excluding carboxylic acids is 2. The Morgan fingerprint density at radius 2 is 1.79 bits per heavy atom. The number of rotatable bonds is 3. The summed E-state index contributed by atoms with van der Waals surface area (Å²) in [5, 5.41) is 3.06. The molecule has 0 bridgehead atoms. The number of anilines is 1. The third kappa shape index (κ3) is 3.60. The number of nitrogens with one attached hydrogen (secondary N) is 1. The van der Waals surface area contributed by atoms with Crippen molar-refractivity contribution in [3.05, 3.63) is 82.6 Å². The van der Waals surface area contributed by atoms with Gasteiger partial charge < -0.3 is 4.42 Å². The van der Waals surface area contributed by atoms with Crippen LogP contribution < -0.4 is 10.2 Å². The van der Waals surface area contributed by atoms with Crippen LogP contribution in [0.1, 0.15) is 11.3 Å². The zero-order valence-electron chi connectivity index (χ0n) is 15.3. The monoisotopic (exact) mass is 422 g/mol. The van der Waals surface area contributed by atoms with Crippen molar-refractivity contribution in [3.8, 4) is 11.3 Å². The van der Waals surface area contributed by atoms with E-state index in [9.17, 15) is 9.59 Å². The van der Waals surface area contributed by atoms with Crippen LogP contribution >= 0.6 is 23.8 Å². The zero-order valence-corrected chi connectivity index (χ0v) is 16.9. The lowest BCUT2D eigenvalue weighted by Gasteiger charge is -2.30. The molecule has 0 saturated carbocycles. The molecule has 29 heavy (non-hydrogen) atoms. The highest BCUT2D eigenvalue weighted by Gasteiger charge is 2.35. The molecule has 2 amide bonds. The van der Waals surface area contributed by atoms with Gasteiger partial charge in [-0.2, -0.15) is 0 Å². The fourth-order valence-corrected chi connectivity index (χ4v) is 3.49. The fraction of sp³-hybridized carbons (Fsp3) is 0.0455. The topological polar surface area (TPSA) is 62.6 Å². The van der Waals surface area contributed by atoms with Gasteiger partial charge in [-0.1, -0.05) is 48.0 Å². The summed E-state index contributed by atoms with van der Waals surface area (Å²) in [6, 6.07) is 18.2. The number of halogens is 1. The summed E-state index contributed by atoms with van der Waals surface area (Å²) in [5.74, 6) is -0.0903. The Balaban J connectivity index is 1.71. The fourth-order valence-electron chi connectivity index (χ4n) is 3.04.